The van der Waals surface area contributed by atoms with Crippen LogP contribution in [0.5, 0.6) is 0 Å². The minimum Gasteiger partial charge on any atom is -0.268 e. The molecule has 1 aromatic heterocycles. The fourth-order valence-electron chi connectivity index (χ4n) is 3.86. The van der Waals surface area contributed by atoms with Crippen molar-refractivity contribution < 1.29 is 12.8 Å². The van der Waals surface area contributed by atoms with Gasteiger partial charge >= 0.3 is 0 Å². The van der Waals surface area contributed by atoms with E-state index in [-0.39, 0.29) is 16.3 Å². The number of rotatable bonds is 6. The predicted molar refractivity (Wildman–Crippen MR) is 126 cm³/mol. The molecule has 33 heavy (non-hydrogen) atoms. The lowest BCUT2D eigenvalue weighted by Crippen LogP contribution is -2.36. The second kappa shape index (κ2) is 8.88. The van der Waals surface area contributed by atoms with Crippen LogP contribution >= 0.6 is 0 Å². The molecule has 1 heterocycles. The van der Waals surface area contributed by atoms with Crippen molar-refractivity contribution in [2.24, 2.45) is 0 Å². The Labute approximate surface area is 192 Å². The van der Waals surface area contributed by atoms with Gasteiger partial charge in [0, 0.05) is 7.05 Å². The Kier molecular flexibility index (Phi) is 6.14. The van der Waals surface area contributed by atoms with Gasteiger partial charge in [-0.3, -0.25) is 9.36 Å². The summed E-state index contributed by atoms with van der Waals surface area (Å²) >= 11 is 0. The van der Waals surface area contributed by atoms with Crippen LogP contribution in [-0.2, 0) is 10.0 Å². The van der Waals surface area contributed by atoms with Crippen LogP contribution < -0.4 is 5.56 Å². The highest BCUT2D eigenvalue weighted by Gasteiger charge is 2.32. The summed E-state index contributed by atoms with van der Waals surface area (Å²) in [4.78, 5) is 18.4. The molecule has 0 fully saturated rings. The molecule has 3 aromatic carbocycles. The summed E-state index contributed by atoms with van der Waals surface area (Å²) in [5.74, 6) is -0.167. The van der Waals surface area contributed by atoms with Crippen molar-refractivity contribution in [2.45, 2.75) is 31.2 Å². The Bertz CT molecular complexity index is 1460. The molecule has 0 spiro atoms. The average molecular weight is 466 g/mol. The van der Waals surface area contributed by atoms with Crippen molar-refractivity contribution >= 4 is 20.9 Å². The molecule has 6 nitrogen and oxygen atoms in total. The van der Waals surface area contributed by atoms with Crippen LogP contribution in [0.15, 0.2) is 82.5 Å². The average Bonchev–Trinajstić information content (AvgIpc) is 2.81. The Morgan fingerprint density at radius 3 is 2.27 bits per heavy atom. The maximum Gasteiger partial charge on any atom is 0.266 e. The Morgan fingerprint density at radius 1 is 1.00 bits per heavy atom. The van der Waals surface area contributed by atoms with Crippen LogP contribution in [0.25, 0.3) is 16.6 Å². The van der Waals surface area contributed by atoms with E-state index in [1.54, 1.807) is 48.5 Å². The first kappa shape index (κ1) is 22.8. The molecule has 4 rings (SSSR count). The van der Waals surface area contributed by atoms with Gasteiger partial charge in [-0.2, -0.15) is 4.31 Å². The summed E-state index contributed by atoms with van der Waals surface area (Å²) in [7, 11) is -2.38. The van der Waals surface area contributed by atoms with Crippen LogP contribution in [0.1, 0.15) is 30.8 Å². The molecule has 1 unspecified atom stereocenters. The minimum atomic E-state index is -3.87. The first-order valence-corrected chi connectivity index (χ1v) is 12.0. The maximum absolute atomic E-state index is 13.6. The van der Waals surface area contributed by atoms with Crippen LogP contribution in [-0.4, -0.2) is 29.3 Å². The van der Waals surface area contributed by atoms with E-state index in [1.807, 2.05) is 13.8 Å². The Hall–Kier alpha value is -3.36. The van der Waals surface area contributed by atoms with Gasteiger partial charge in [-0.1, -0.05) is 36.8 Å². The maximum atomic E-state index is 13.6. The lowest BCUT2D eigenvalue weighted by atomic mass is 10.1. The number of aromatic nitrogens is 2. The number of hydrogen-bond acceptors (Lipinski definition) is 4. The van der Waals surface area contributed by atoms with Crippen molar-refractivity contribution in [3.05, 3.63) is 100 Å². The second-order valence-corrected chi connectivity index (χ2v) is 9.86. The zero-order valence-electron chi connectivity index (χ0n) is 18.6. The van der Waals surface area contributed by atoms with E-state index < -0.39 is 21.9 Å². The summed E-state index contributed by atoms with van der Waals surface area (Å²) in [6.07, 6.45) is 0.369. The van der Waals surface area contributed by atoms with E-state index in [2.05, 4.69) is 0 Å². The third-order valence-electron chi connectivity index (χ3n) is 5.71. The normalized spacial score (nSPS) is 12.9. The van der Waals surface area contributed by atoms with Gasteiger partial charge in [0.15, 0.2) is 0 Å². The van der Waals surface area contributed by atoms with Crippen molar-refractivity contribution in [1.82, 2.24) is 13.9 Å². The summed E-state index contributed by atoms with van der Waals surface area (Å²) < 4.78 is 43.0. The number of hydrogen-bond donors (Lipinski definition) is 0. The largest absolute Gasteiger partial charge is 0.268 e. The number of nitrogens with zero attached hydrogens (tertiary/aromatic N) is 3. The lowest BCUT2D eigenvalue weighted by molar-refractivity contribution is 0.347. The Morgan fingerprint density at radius 2 is 1.64 bits per heavy atom. The third kappa shape index (κ3) is 4.19. The highest BCUT2D eigenvalue weighted by molar-refractivity contribution is 7.89. The quantitative estimate of drug-likeness (QED) is 0.417. The zero-order valence-corrected chi connectivity index (χ0v) is 19.4. The molecule has 0 aliphatic rings. The molecule has 170 valence electrons. The molecule has 0 saturated carbocycles. The standard InChI is InChI=1S/C25H24FN3O3S/c1-4-23(28(3)33(31,32)20-15-9-17(2)10-16-20)24-27-22-8-6-5-7-21(22)25(30)29(24)19-13-11-18(26)12-14-19/h5-16,23H,4H2,1-3H3. The highest BCUT2D eigenvalue weighted by Crippen LogP contribution is 2.29. The number of aryl methyl sites for hydroxylation is 1. The second-order valence-electron chi connectivity index (χ2n) is 7.86. The van der Waals surface area contributed by atoms with Crippen LogP contribution in [0.4, 0.5) is 4.39 Å². The van der Waals surface area contributed by atoms with Gasteiger partial charge < -0.3 is 0 Å². The smallest absolute Gasteiger partial charge is 0.266 e. The number of sulfonamides is 1. The molecule has 1 atom stereocenters. The molecule has 0 radical (unpaired) electrons. The van der Waals surface area contributed by atoms with E-state index in [1.165, 1.54) is 40.2 Å². The number of benzene rings is 3. The lowest BCUT2D eigenvalue weighted by Gasteiger charge is -2.28. The monoisotopic (exact) mass is 465 g/mol. The zero-order chi connectivity index (χ0) is 23.8. The van der Waals surface area contributed by atoms with Crippen LogP contribution in [0.3, 0.4) is 0 Å². The van der Waals surface area contributed by atoms with Gasteiger partial charge in [-0.25, -0.2) is 17.8 Å². The summed E-state index contributed by atoms with van der Waals surface area (Å²) in [5, 5.41) is 0.393. The molecular weight excluding hydrogens is 441 g/mol. The van der Waals surface area contributed by atoms with Gasteiger partial charge in [0.2, 0.25) is 10.0 Å². The molecule has 0 amide bonds. The minimum absolute atomic E-state index is 0.158. The Balaban J connectivity index is 1.94. The molecule has 0 aliphatic heterocycles. The first-order valence-electron chi connectivity index (χ1n) is 10.6. The number of halogens is 1. The molecule has 0 bridgehead atoms. The highest BCUT2D eigenvalue weighted by atomic mass is 32.2. The van der Waals surface area contributed by atoms with E-state index in [9.17, 15) is 17.6 Å². The summed E-state index contributed by atoms with van der Waals surface area (Å²) in [5.41, 5.74) is 1.48. The van der Waals surface area contributed by atoms with Gasteiger partial charge in [0.1, 0.15) is 11.6 Å². The molecule has 8 heteroatoms. The molecule has 0 aliphatic carbocycles. The molecule has 4 aromatic rings. The first-order chi connectivity index (χ1) is 15.7. The van der Waals surface area contributed by atoms with Crippen molar-refractivity contribution in [3.8, 4) is 5.69 Å². The van der Waals surface area contributed by atoms with Crippen LogP contribution in [0, 0.1) is 12.7 Å². The molecule has 0 N–H and O–H groups in total. The van der Waals surface area contributed by atoms with Crippen molar-refractivity contribution in [2.75, 3.05) is 7.05 Å². The van der Waals surface area contributed by atoms with Gasteiger partial charge in [-0.05, 0) is 61.9 Å². The summed E-state index contributed by atoms with van der Waals surface area (Å²) in [6.45, 7) is 3.72. The van der Waals surface area contributed by atoms with Crippen molar-refractivity contribution in [3.63, 3.8) is 0 Å². The van der Waals surface area contributed by atoms with E-state index in [0.29, 0.717) is 23.0 Å². The predicted octanol–water partition coefficient (Wildman–Crippen LogP) is 4.61. The summed E-state index contributed by atoms with van der Waals surface area (Å²) in [6, 6.07) is 18.3. The van der Waals surface area contributed by atoms with E-state index >= 15 is 0 Å². The fraction of sp³-hybridized carbons (Fsp3) is 0.200. The number of fused-ring (bicyclic) bond motifs is 1. The molecule has 0 saturated heterocycles. The van der Waals surface area contributed by atoms with Crippen LogP contribution in [0.2, 0.25) is 0 Å². The fourth-order valence-corrected chi connectivity index (χ4v) is 5.25. The molecular formula is C25H24FN3O3S. The third-order valence-corrected chi connectivity index (χ3v) is 7.59. The van der Waals surface area contributed by atoms with Gasteiger partial charge in [-0.15, -0.1) is 0 Å². The van der Waals surface area contributed by atoms with Gasteiger partial charge in [0.25, 0.3) is 5.56 Å². The number of para-hydroxylation sites is 1. The van der Waals surface area contributed by atoms with E-state index in [0.717, 1.165) is 5.56 Å². The van der Waals surface area contributed by atoms with E-state index in [4.69, 9.17) is 4.98 Å². The SMILES string of the molecule is CCC(c1nc2ccccc2c(=O)n1-c1ccc(F)cc1)N(C)S(=O)(=O)c1ccc(C)cc1. The van der Waals surface area contributed by atoms with Crippen molar-refractivity contribution in [1.29, 1.82) is 0 Å². The van der Waals surface area contributed by atoms with Gasteiger partial charge in [0.05, 0.1) is 27.5 Å². The topological polar surface area (TPSA) is 72.3 Å².